The fraction of sp³-hybridized carbons (Fsp3) is 0.238. The lowest BCUT2D eigenvalue weighted by Gasteiger charge is -2.14. The van der Waals surface area contributed by atoms with Gasteiger partial charge in [0.15, 0.2) is 0 Å². The van der Waals surface area contributed by atoms with Crippen molar-refractivity contribution in [3.05, 3.63) is 65.4 Å². The maximum absolute atomic E-state index is 12.1. The number of anilines is 1. The summed E-state index contributed by atoms with van der Waals surface area (Å²) in [5.74, 6) is -1.53. The van der Waals surface area contributed by atoms with E-state index in [1.165, 1.54) is 0 Å². The summed E-state index contributed by atoms with van der Waals surface area (Å²) in [4.78, 5) is 24.2. The van der Waals surface area contributed by atoms with E-state index >= 15 is 0 Å². The van der Waals surface area contributed by atoms with Crippen LogP contribution in [-0.4, -0.2) is 28.0 Å². The number of amides is 2. The van der Waals surface area contributed by atoms with Gasteiger partial charge in [0.2, 0.25) is 0 Å². The number of aliphatic hydroxyl groups excluding tert-OH is 1. The summed E-state index contributed by atoms with van der Waals surface area (Å²) in [7, 11) is 1.95. The summed E-state index contributed by atoms with van der Waals surface area (Å²) in [6.07, 6.45) is 1.05. The molecule has 3 aromatic rings. The molecule has 0 bridgehead atoms. The number of benzene rings is 2. The Balaban J connectivity index is 1.61. The minimum absolute atomic E-state index is 0.0443. The van der Waals surface area contributed by atoms with E-state index in [1.54, 1.807) is 0 Å². The van der Waals surface area contributed by atoms with Gasteiger partial charge < -0.3 is 20.3 Å². The van der Waals surface area contributed by atoms with Crippen LogP contribution in [-0.2, 0) is 16.6 Å². The molecule has 1 aromatic heterocycles. The van der Waals surface area contributed by atoms with Gasteiger partial charge in [0.1, 0.15) is 0 Å². The molecule has 1 unspecified atom stereocenters. The third-order valence-electron chi connectivity index (χ3n) is 4.68. The van der Waals surface area contributed by atoms with E-state index < -0.39 is 17.9 Å². The molecule has 0 saturated carbocycles. The summed E-state index contributed by atoms with van der Waals surface area (Å²) in [6, 6.07) is 13.2. The Hall–Kier alpha value is -3.12. The molecular weight excluding hydrogens is 342 g/mol. The number of rotatable bonds is 4. The molecule has 1 heterocycles. The second kappa shape index (κ2) is 7.63. The van der Waals surface area contributed by atoms with Crippen LogP contribution in [0.1, 0.15) is 22.8 Å². The molecular formula is C21H23N3O3. The maximum atomic E-state index is 12.1. The number of carbonyl (C=O) groups is 2. The van der Waals surface area contributed by atoms with E-state index in [-0.39, 0.29) is 6.54 Å². The quantitative estimate of drug-likeness (QED) is 0.622. The highest BCUT2D eigenvalue weighted by molar-refractivity contribution is 6.39. The van der Waals surface area contributed by atoms with E-state index in [9.17, 15) is 14.7 Å². The van der Waals surface area contributed by atoms with Gasteiger partial charge >= 0.3 is 11.8 Å². The smallest absolute Gasteiger partial charge is 0.313 e. The van der Waals surface area contributed by atoms with Gasteiger partial charge in [-0.25, -0.2) is 0 Å². The molecule has 0 saturated heterocycles. The predicted molar refractivity (Wildman–Crippen MR) is 105 cm³/mol. The Morgan fingerprint density at radius 2 is 1.78 bits per heavy atom. The van der Waals surface area contributed by atoms with Gasteiger partial charge in [-0.05, 0) is 54.1 Å². The number of fused-ring (bicyclic) bond motifs is 1. The number of carbonyl (C=O) groups excluding carboxylic acids is 2. The molecule has 3 N–H and O–H groups in total. The highest BCUT2D eigenvalue weighted by atomic mass is 16.3. The van der Waals surface area contributed by atoms with E-state index in [1.807, 2.05) is 74.1 Å². The zero-order chi connectivity index (χ0) is 19.6. The first-order chi connectivity index (χ1) is 12.9. The zero-order valence-electron chi connectivity index (χ0n) is 15.6. The van der Waals surface area contributed by atoms with Gasteiger partial charge in [0.05, 0.1) is 6.10 Å². The molecule has 0 aliphatic rings. The van der Waals surface area contributed by atoms with Crippen LogP contribution >= 0.6 is 0 Å². The van der Waals surface area contributed by atoms with Gasteiger partial charge in [-0.3, -0.25) is 9.59 Å². The molecule has 6 heteroatoms. The summed E-state index contributed by atoms with van der Waals surface area (Å²) in [6.45, 7) is 3.69. The van der Waals surface area contributed by atoms with Crippen molar-refractivity contribution in [3.8, 4) is 0 Å². The molecule has 2 aromatic carbocycles. The standard InChI is InChI=1S/C21H23N3O3/c1-13-5-4-6-14(2)19(13)23-21(27)20(26)22-12-18(25)16-7-8-17-15(11-16)9-10-24(17)3/h4-11,18,25H,12H2,1-3H3,(H,22,26)(H,23,27). The van der Waals surface area contributed by atoms with E-state index in [2.05, 4.69) is 10.6 Å². The number of aryl methyl sites for hydroxylation is 3. The second-order valence-electron chi connectivity index (χ2n) is 6.69. The first-order valence-corrected chi connectivity index (χ1v) is 8.75. The molecule has 1 atom stereocenters. The minimum Gasteiger partial charge on any atom is -0.387 e. The van der Waals surface area contributed by atoms with Crippen molar-refractivity contribution < 1.29 is 14.7 Å². The Bertz CT molecular complexity index is 987. The third-order valence-corrected chi connectivity index (χ3v) is 4.68. The Kier molecular flexibility index (Phi) is 5.28. The summed E-state index contributed by atoms with van der Waals surface area (Å²) in [5.41, 5.74) is 4.14. The van der Waals surface area contributed by atoms with E-state index in [0.717, 1.165) is 22.0 Å². The number of hydrogen-bond donors (Lipinski definition) is 3. The molecule has 0 aliphatic carbocycles. The van der Waals surface area contributed by atoms with Crippen molar-refractivity contribution in [2.75, 3.05) is 11.9 Å². The number of para-hydroxylation sites is 1. The molecule has 0 radical (unpaired) electrons. The average molecular weight is 365 g/mol. The zero-order valence-corrected chi connectivity index (χ0v) is 15.6. The second-order valence-corrected chi connectivity index (χ2v) is 6.69. The first kappa shape index (κ1) is 18.7. The molecule has 3 rings (SSSR count). The van der Waals surface area contributed by atoms with E-state index in [0.29, 0.717) is 11.3 Å². The predicted octanol–water partition coefficient (Wildman–Crippen LogP) is 2.58. The number of aliphatic hydroxyl groups is 1. The fourth-order valence-electron chi connectivity index (χ4n) is 3.08. The van der Waals surface area contributed by atoms with Crippen LogP contribution in [0, 0.1) is 13.8 Å². The lowest BCUT2D eigenvalue weighted by Crippen LogP contribution is -2.37. The van der Waals surface area contributed by atoms with Crippen LogP contribution in [0.3, 0.4) is 0 Å². The highest BCUT2D eigenvalue weighted by Gasteiger charge is 2.17. The summed E-state index contributed by atoms with van der Waals surface area (Å²) in [5, 5.41) is 16.5. The normalized spacial score (nSPS) is 12.0. The van der Waals surface area contributed by atoms with Crippen molar-refractivity contribution >= 4 is 28.4 Å². The first-order valence-electron chi connectivity index (χ1n) is 8.75. The van der Waals surface area contributed by atoms with Crippen LogP contribution < -0.4 is 10.6 Å². The average Bonchev–Trinajstić information content (AvgIpc) is 3.02. The maximum Gasteiger partial charge on any atom is 0.313 e. The molecule has 0 aliphatic heterocycles. The van der Waals surface area contributed by atoms with Crippen molar-refractivity contribution in [2.24, 2.45) is 7.05 Å². The van der Waals surface area contributed by atoms with E-state index in [4.69, 9.17) is 0 Å². The molecule has 0 spiro atoms. The van der Waals surface area contributed by atoms with Gasteiger partial charge in [-0.15, -0.1) is 0 Å². The van der Waals surface area contributed by atoms with Crippen molar-refractivity contribution in [1.82, 2.24) is 9.88 Å². The Labute approximate surface area is 157 Å². The molecule has 0 fully saturated rings. The number of aromatic nitrogens is 1. The number of nitrogens with zero attached hydrogens (tertiary/aromatic N) is 1. The monoisotopic (exact) mass is 365 g/mol. The SMILES string of the molecule is Cc1cccc(C)c1NC(=O)C(=O)NCC(O)c1ccc2c(ccn2C)c1. The lowest BCUT2D eigenvalue weighted by molar-refractivity contribution is -0.136. The van der Waals surface area contributed by atoms with Crippen LogP contribution in [0.4, 0.5) is 5.69 Å². The molecule has 140 valence electrons. The topological polar surface area (TPSA) is 83.4 Å². The van der Waals surface area contributed by atoms with Crippen LogP contribution in [0.2, 0.25) is 0 Å². The van der Waals surface area contributed by atoms with Gasteiger partial charge in [-0.2, -0.15) is 0 Å². The summed E-state index contributed by atoms with van der Waals surface area (Å²) < 4.78 is 1.99. The van der Waals surface area contributed by atoms with Gasteiger partial charge in [0, 0.05) is 31.0 Å². The molecule has 6 nitrogen and oxygen atoms in total. The van der Waals surface area contributed by atoms with Crippen molar-refractivity contribution in [2.45, 2.75) is 20.0 Å². The van der Waals surface area contributed by atoms with Gasteiger partial charge in [0.25, 0.3) is 0 Å². The number of nitrogens with one attached hydrogen (secondary N) is 2. The van der Waals surface area contributed by atoms with Crippen molar-refractivity contribution in [1.29, 1.82) is 0 Å². The van der Waals surface area contributed by atoms with Crippen LogP contribution in [0.15, 0.2) is 48.7 Å². The van der Waals surface area contributed by atoms with Crippen molar-refractivity contribution in [3.63, 3.8) is 0 Å². The highest BCUT2D eigenvalue weighted by Crippen LogP contribution is 2.21. The van der Waals surface area contributed by atoms with Crippen LogP contribution in [0.25, 0.3) is 10.9 Å². The lowest BCUT2D eigenvalue weighted by atomic mass is 10.1. The summed E-state index contributed by atoms with van der Waals surface area (Å²) >= 11 is 0. The fourth-order valence-corrected chi connectivity index (χ4v) is 3.08. The Morgan fingerprint density at radius 3 is 2.48 bits per heavy atom. The molecule has 27 heavy (non-hydrogen) atoms. The largest absolute Gasteiger partial charge is 0.387 e. The van der Waals surface area contributed by atoms with Gasteiger partial charge in [-0.1, -0.05) is 24.3 Å². The molecule has 2 amide bonds. The third kappa shape index (κ3) is 4.01. The minimum atomic E-state index is -0.897. The number of hydrogen-bond acceptors (Lipinski definition) is 3. The van der Waals surface area contributed by atoms with Crippen LogP contribution in [0.5, 0.6) is 0 Å². The Morgan fingerprint density at radius 1 is 1.07 bits per heavy atom.